The van der Waals surface area contributed by atoms with Gasteiger partial charge >= 0.3 is 0 Å². The van der Waals surface area contributed by atoms with Gasteiger partial charge in [-0.15, -0.1) is 0 Å². The largest absolute Gasteiger partial charge is 0.497 e. The van der Waals surface area contributed by atoms with Crippen molar-refractivity contribution in [1.82, 2.24) is 14.8 Å². The number of nitrogens with one attached hydrogen (secondary N) is 1. The van der Waals surface area contributed by atoms with Gasteiger partial charge in [-0.05, 0) is 43.2 Å². The Labute approximate surface area is 187 Å². The standard InChI is InChI=1S/C25H29N3O4/c1-31-21-7-8-22-18(15-21)9-12-28(22)17-24(29)26-20-10-13-27(14-11-20)25(30)16-19-5-3-4-6-23(19)32-2/h3-9,12,15,20H,10-11,13-14,16-17H2,1-2H3,(H,26,29). The van der Waals surface area contributed by atoms with Crippen LogP contribution in [0, 0.1) is 0 Å². The number of likely N-dealkylation sites (tertiary alicyclic amines) is 1. The summed E-state index contributed by atoms with van der Waals surface area (Å²) in [4.78, 5) is 27.2. The van der Waals surface area contributed by atoms with Gasteiger partial charge in [-0.2, -0.15) is 0 Å². The molecular formula is C25H29N3O4. The van der Waals surface area contributed by atoms with Crippen LogP contribution in [0.4, 0.5) is 0 Å². The number of carbonyl (C=O) groups is 2. The summed E-state index contributed by atoms with van der Waals surface area (Å²) >= 11 is 0. The van der Waals surface area contributed by atoms with Crippen LogP contribution >= 0.6 is 0 Å². The molecule has 1 N–H and O–H groups in total. The Kier molecular flexibility index (Phi) is 6.63. The van der Waals surface area contributed by atoms with Crippen LogP contribution in [0.2, 0.25) is 0 Å². The first-order valence-corrected chi connectivity index (χ1v) is 10.9. The lowest BCUT2D eigenvalue weighted by Gasteiger charge is -2.32. The second-order valence-corrected chi connectivity index (χ2v) is 8.08. The van der Waals surface area contributed by atoms with E-state index < -0.39 is 0 Å². The van der Waals surface area contributed by atoms with Crippen molar-refractivity contribution in [2.75, 3.05) is 27.3 Å². The van der Waals surface area contributed by atoms with Crippen LogP contribution < -0.4 is 14.8 Å². The number of aromatic nitrogens is 1. The monoisotopic (exact) mass is 435 g/mol. The predicted molar refractivity (Wildman–Crippen MR) is 123 cm³/mol. The van der Waals surface area contributed by atoms with E-state index in [4.69, 9.17) is 9.47 Å². The summed E-state index contributed by atoms with van der Waals surface area (Å²) in [5.74, 6) is 1.61. The van der Waals surface area contributed by atoms with Crippen LogP contribution in [0.5, 0.6) is 11.5 Å². The molecule has 2 amide bonds. The molecular weight excluding hydrogens is 406 g/mol. The summed E-state index contributed by atoms with van der Waals surface area (Å²) in [6, 6.07) is 15.5. The fourth-order valence-electron chi connectivity index (χ4n) is 4.27. The van der Waals surface area contributed by atoms with Gasteiger partial charge in [0.15, 0.2) is 0 Å². The number of hydrogen-bond donors (Lipinski definition) is 1. The van der Waals surface area contributed by atoms with Crippen molar-refractivity contribution < 1.29 is 19.1 Å². The number of para-hydroxylation sites is 1. The van der Waals surface area contributed by atoms with E-state index in [1.54, 1.807) is 14.2 Å². The minimum absolute atomic E-state index is 0.0166. The molecule has 0 atom stereocenters. The van der Waals surface area contributed by atoms with Gasteiger partial charge in [-0.1, -0.05) is 18.2 Å². The van der Waals surface area contributed by atoms with Crippen LogP contribution in [-0.2, 0) is 22.6 Å². The average Bonchev–Trinajstić information content (AvgIpc) is 3.21. The van der Waals surface area contributed by atoms with E-state index in [0.29, 0.717) is 19.5 Å². The topological polar surface area (TPSA) is 72.8 Å². The number of ether oxygens (including phenoxy) is 2. The molecule has 1 fully saturated rings. The average molecular weight is 436 g/mol. The summed E-state index contributed by atoms with van der Waals surface area (Å²) in [7, 11) is 3.26. The van der Waals surface area contributed by atoms with Gasteiger partial charge in [0.05, 0.1) is 20.6 Å². The van der Waals surface area contributed by atoms with Crippen LogP contribution in [0.15, 0.2) is 54.7 Å². The molecule has 1 aliphatic heterocycles. The minimum Gasteiger partial charge on any atom is -0.497 e. The smallest absolute Gasteiger partial charge is 0.240 e. The number of carbonyl (C=O) groups excluding carboxylic acids is 2. The number of benzene rings is 2. The van der Waals surface area contributed by atoms with Gasteiger partial charge in [-0.3, -0.25) is 9.59 Å². The lowest BCUT2D eigenvalue weighted by atomic mass is 10.0. The van der Waals surface area contributed by atoms with Gasteiger partial charge in [0.25, 0.3) is 0 Å². The van der Waals surface area contributed by atoms with Gasteiger partial charge in [-0.25, -0.2) is 0 Å². The van der Waals surface area contributed by atoms with E-state index in [9.17, 15) is 9.59 Å². The third-order valence-electron chi connectivity index (χ3n) is 6.04. The summed E-state index contributed by atoms with van der Waals surface area (Å²) < 4.78 is 12.6. The Hall–Kier alpha value is -3.48. The molecule has 1 aliphatic rings. The molecule has 7 heteroatoms. The number of hydrogen-bond acceptors (Lipinski definition) is 4. The highest BCUT2D eigenvalue weighted by Crippen LogP contribution is 2.22. The molecule has 3 aromatic rings. The van der Waals surface area contributed by atoms with Crippen molar-refractivity contribution in [3.8, 4) is 11.5 Å². The highest BCUT2D eigenvalue weighted by atomic mass is 16.5. The molecule has 1 aromatic heterocycles. The quantitative estimate of drug-likeness (QED) is 0.619. The van der Waals surface area contributed by atoms with Crippen LogP contribution in [-0.4, -0.2) is 54.6 Å². The number of methoxy groups -OCH3 is 2. The molecule has 0 radical (unpaired) electrons. The van der Waals surface area contributed by atoms with E-state index in [-0.39, 0.29) is 24.4 Å². The maximum Gasteiger partial charge on any atom is 0.240 e. The van der Waals surface area contributed by atoms with Gasteiger partial charge < -0.3 is 24.3 Å². The zero-order valence-corrected chi connectivity index (χ0v) is 18.5. The Balaban J connectivity index is 1.27. The molecule has 32 heavy (non-hydrogen) atoms. The molecule has 0 spiro atoms. The lowest BCUT2D eigenvalue weighted by Crippen LogP contribution is -2.47. The summed E-state index contributed by atoms with van der Waals surface area (Å²) in [6.07, 6.45) is 3.76. The zero-order chi connectivity index (χ0) is 22.5. The van der Waals surface area contributed by atoms with E-state index in [1.807, 2.05) is 64.2 Å². The Morgan fingerprint density at radius 3 is 2.56 bits per heavy atom. The number of fused-ring (bicyclic) bond motifs is 1. The van der Waals surface area contributed by atoms with Crippen molar-refractivity contribution >= 4 is 22.7 Å². The van der Waals surface area contributed by atoms with Crippen LogP contribution in [0.1, 0.15) is 18.4 Å². The van der Waals surface area contributed by atoms with E-state index in [1.165, 1.54) is 0 Å². The summed E-state index contributed by atoms with van der Waals surface area (Å²) in [5, 5.41) is 4.17. The SMILES string of the molecule is COc1ccc2c(ccn2CC(=O)NC2CCN(C(=O)Cc3ccccc3OC)CC2)c1. The maximum atomic E-state index is 12.7. The number of nitrogens with zero attached hydrogens (tertiary/aromatic N) is 2. The molecule has 2 aromatic carbocycles. The molecule has 0 unspecified atom stereocenters. The first-order valence-electron chi connectivity index (χ1n) is 10.9. The Morgan fingerprint density at radius 1 is 1.03 bits per heavy atom. The third-order valence-corrected chi connectivity index (χ3v) is 6.04. The molecule has 1 saturated heterocycles. The molecule has 0 aliphatic carbocycles. The normalized spacial score (nSPS) is 14.4. The maximum absolute atomic E-state index is 12.7. The molecule has 7 nitrogen and oxygen atoms in total. The molecule has 168 valence electrons. The van der Waals surface area contributed by atoms with Crippen molar-refractivity contribution in [2.45, 2.75) is 31.8 Å². The second kappa shape index (κ2) is 9.77. The summed E-state index contributed by atoms with van der Waals surface area (Å²) in [5.41, 5.74) is 1.89. The first kappa shape index (κ1) is 21.7. The lowest BCUT2D eigenvalue weighted by molar-refractivity contribution is -0.131. The fraction of sp³-hybridized carbons (Fsp3) is 0.360. The number of amides is 2. The minimum atomic E-state index is -0.0166. The Morgan fingerprint density at radius 2 is 1.81 bits per heavy atom. The van der Waals surface area contributed by atoms with Gasteiger partial charge in [0, 0.05) is 41.8 Å². The number of rotatable bonds is 7. The van der Waals surface area contributed by atoms with E-state index in [2.05, 4.69) is 5.32 Å². The van der Waals surface area contributed by atoms with Crippen molar-refractivity contribution in [3.05, 3.63) is 60.3 Å². The molecule has 0 bridgehead atoms. The number of piperidine rings is 1. The summed E-state index contributed by atoms with van der Waals surface area (Å²) in [6.45, 7) is 1.55. The highest BCUT2D eigenvalue weighted by molar-refractivity contribution is 5.84. The van der Waals surface area contributed by atoms with Crippen molar-refractivity contribution in [2.24, 2.45) is 0 Å². The zero-order valence-electron chi connectivity index (χ0n) is 18.5. The van der Waals surface area contributed by atoms with Gasteiger partial charge in [0.2, 0.25) is 11.8 Å². The molecule has 0 saturated carbocycles. The predicted octanol–water partition coefficient (Wildman–Crippen LogP) is 3.01. The van der Waals surface area contributed by atoms with Gasteiger partial charge in [0.1, 0.15) is 18.0 Å². The third kappa shape index (κ3) is 4.88. The molecule has 4 rings (SSSR count). The van der Waals surface area contributed by atoms with Crippen LogP contribution in [0.25, 0.3) is 10.9 Å². The van der Waals surface area contributed by atoms with Crippen molar-refractivity contribution in [1.29, 1.82) is 0 Å². The fourth-order valence-corrected chi connectivity index (χ4v) is 4.27. The Bertz CT molecular complexity index is 1100. The van der Waals surface area contributed by atoms with Crippen molar-refractivity contribution in [3.63, 3.8) is 0 Å². The van der Waals surface area contributed by atoms with E-state index in [0.717, 1.165) is 40.8 Å². The second-order valence-electron chi connectivity index (χ2n) is 8.08. The van der Waals surface area contributed by atoms with E-state index >= 15 is 0 Å². The highest BCUT2D eigenvalue weighted by Gasteiger charge is 2.24. The molecule has 2 heterocycles. The van der Waals surface area contributed by atoms with Crippen LogP contribution in [0.3, 0.4) is 0 Å². The first-order chi connectivity index (χ1) is 15.6.